The van der Waals surface area contributed by atoms with Crippen LogP contribution in [0.3, 0.4) is 0 Å². The average Bonchev–Trinajstić information content (AvgIpc) is 2.87. The van der Waals surface area contributed by atoms with Crippen LogP contribution < -0.4 is 10.1 Å². The van der Waals surface area contributed by atoms with Crippen LogP contribution in [0.2, 0.25) is 0 Å². The number of nitrogens with zero attached hydrogens (tertiary/aromatic N) is 1. The SMILES string of the molecule is O=C(COc1ccc(Br)cc1F)NC1CCN(C2CCCCCC2)C1. The van der Waals surface area contributed by atoms with Gasteiger partial charge in [0.25, 0.3) is 5.91 Å². The number of halogens is 2. The molecule has 1 atom stereocenters. The predicted molar refractivity (Wildman–Crippen MR) is 99.2 cm³/mol. The predicted octanol–water partition coefficient (Wildman–Crippen LogP) is 3.88. The van der Waals surface area contributed by atoms with Gasteiger partial charge in [0.05, 0.1) is 0 Å². The molecule has 3 rings (SSSR count). The van der Waals surface area contributed by atoms with Gasteiger partial charge < -0.3 is 10.1 Å². The number of carbonyl (C=O) groups excluding carboxylic acids is 1. The van der Waals surface area contributed by atoms with Crippen LogP contribution in [0.1, 0.15) is 44.9 Å². The molecular weight excluding hydrogens is 387 g/mol. The summed E-state index contributed by atoms with van der Waals surface area (Å²) in [6.07, 6.45) is 8.91. The average molecular weight is 413 g/mol. The third-order valence-corrected chi connectivity index (χ3v) is 5.67. The van der Waals surface area contributed by atoms with Crippen molar-refractivity contribution in [1.29, 1.82) is 0 Å². The molecule has 0 bridgehead atoms. The molecule has 1 heterocycles. The molecule has 0 spiro atoms. The van der Waals surface area contributed by atoms with Crippen molar-refractivity contribution in [3.05, 3.63) is 28.5 Å². The topological polar surface area (TPSA) is 41.6 Å². The standard InChI is InChI=1S/C19H26BrFN2O2/c20-14-7-8-18(17(21)11-14)25-13-19(24)22-15-9-10-23(12-15)16-5-3-1-2-4-6-16/h7-8,11,15-16H,1-6,9-10,12-13H2,(H,22,24). The van der Waals surface area contributed by atoms with E-state index < -0.39 is 5.82 Å². The second kappa shape index (κ2) is 8.99. The summed E-state index contributed by atoms with van der Waals surface area (Å²) in [6.45, 7) is 1.82. The van der Waals surface area contributed by atoms with Crippen molar-refractivity contribution in [2.24, 2.45) is 0 Å². The van der Waals surface area contributed by atoms with E-state index in [4.69, 9.17) is 4.74 Å². The molecule has 6 heteroatoms. The van der Waals surface area contributed by atoms with E-state index in [9.17, 15) is 9.18 Å². The van der Waals surface area contributed by atoms with Crippen LogP contribution in [0.25, 0.3) is 0 Å². The number of nitrogens with one attached hydrogen (secondary N) is 1. The molecule has 138 valence electrons. The summed E-state index contributed by atoms with van der Waals surface area (Å²) in [4.78, 5) is 14.6. The van der Waals surface area contributed by atoms with Crippen LogP contribution >= 0.6 is 15.9 Å². The van der Waals surface area contributed by atoms with Crippen molar-refractivity contribution >= 4 is 21.8 Å². The fourth-order valence-electron chi connectivity index (χ4n) is 3.86. The zero-order valence-corrected chi connectivity index (χ0v) is 16.1. The zero-order valence-electron chi connectivity index (χ0n) is 14.5. The summed E-state index contributed by atoms with van der Waals surface area (Å²) in [5, 5.41) is 3.03. The van der Waals surface area contributed by atoms with Crippen molar-refractivity contribution < 1.29 is 13.9 Å². The Morgan fingerprint density at radius 2 is 2.00 bits per heavy atom. The summed E-state index contributed by atoms with van der Waals surface area (Å²) in [5.41, 5.74) is 0. The lowest BCUT2D eigenvalue weighted by Gasteiger charge is -2.26. The molecule has 1 N–H and O–H groups in total. The normalized spacial score (nSPS) is 22.6. The number of rotatable bonds is 5. The lowest BCUT2D eigenvalue weighted by atomic mass is 10.1. The first kappa shape index (κ1) is 18.6. The zero-order chi connectivity index (χ0) is 17.6. The van der Waals surface area contributed by atoms with Crippen molar-refractivity contribution in [1.82, 2.24) is 10.2 Å². The molecular formula is C19H26BrFN2O2. The Hall–Kier alpha value is -1.14. The maximum atomic E-state index is 13.7. The number of ether oxygens (including phenoxy) is 1. The fourth-order valence-corrected chi connectivity index (χ4v) is 4.20. The largest absolute Gasteiger partial charge is 0.481 e. The smallest absolute Gasteiger partial charge is 0.258 e. The van der Waals surface area contributed by atoms with Gasteiger partial charge in [-0.1, -0.05) is 41.6 Å². The van der Waals surface area contributed by atoms with Crippen molar-refractivity contribution in [3.8, 4) is 5.75 Å². The molecule has 1 amide bonds. The Balaban J connectivity index is 1.42. The van der Waals surface area contributed by atoms with E-state index in [2.05, 4.69) is 26.1 Å². The minimum atomic E-state index is -0.470. The van der Waals surface area contributed by atoms with Gasteiger partial charge in [-0.3, -0.25) is 9.69 Å². The maximum absolute atomic E-state index is 13.7. The lowest BCUT2D eigenvalue weighted by Crippen LogP contribution is -2.41. The van der Waals surface area contributed by atoms with Crippen molar-refractivity contribution in [2.45, 2.75) is 57.0 Å². The molecule has 2 fully saturated rings. The Bertz CT molecular complexity index is 591. The van der Waals surface area contributed by atoms with Crippen LogP contribution in [-0.4, -0.2) is 42.6 Å². The van der Waals surface area contributed by atoms with Crippen LogP contribution in [-0.2, 0) is 4.79 Å². The number of carbonyl (C=O) groups is 1. The fraction of sp³-hybridized carbons (Fsp3) is 0.632. The van der Waals surface area contributed by atoms with E-state index in [1.54, 1.807) is 6.07 Å². The third kappa shape index (κ3) is 5.42. The number of benzene rings is 1. The highest BCUT2D eigenvalue weighted by Crippen LogP contribution is 2.25. The van der Waals surface area contributed by atoms with Crippen LogP contribution in [0.4, 0.5) is 4.39 Å². The molecule has 1 saturated heterocycles. The van der Waals surface area contributed by atoms with Gasteiger partial charge in [0.2, 0.25) is 0 Å². The molecule has 0 radical (unpaired) electrons. The number of likely N-dealkylation sites (tertiary alicyclic amines) is 1. The summed E-state index contributed by atoms with van der Waals surface area (Å²) in [6, 6.07) is 5.40. The molecule has 2 aliphatic rings. The van der Waals surface area contributed by atoms with Gasteiger partial charge in [0.15, 0.2) is 18.2 Å². The van der Waals surface area contributed by atoms with Gasteiger partial charge in [-0.05, 0) is 37.5 Å². The Labute approximate surface area is 157 Å². The molecule has 1 aliphatic carbocycles. The summed E-state index contributed by atoms with van der Waals surface area (Å²) in [5.74, 6) is -0.553. The molecule has 4 nitrogen and oxygen atoms in total. The first-order valence-electron chi connectivity index (χ1n) is 9.23. The van der Waals surface area contributed by atoms with Gasteiger partial charge in [0.1, 0.15) is 0 Å². The highest BCUT2D eigenvalue weighted by molar-refractivity contribution is 9.10. The molecule has 1 saturated carbocycles. The van der Waals surface area contributed by atoms with Gasteiger partial charge in [-0.25, -0.2) is 4.39 Å². The van der Waals surface area contributed by atoms with E-state index in [-0.39, 0.29) is 24.3 Å². The van der Waals surface area contributed by atoms with Gasteiger partial charge in [-0.2, -0.15) is 0 Å². The summed E-state index contributed by atoms with van der Waals surface area (Å²) >= 11 is 3.20. The highest BCUT2D eigenvalue weighted by Gasteiger charge is 2.29. The first-order valence-corrected chi connectivity index (χ1v) is 10.0. The molecule has 1 aromatic rings. The number of hydrogen-bond donors (Lipinski definition) is 1. The maximum Gasteiger partial charge on any atom is 0.258 e. The van der Waals surface area contributed by atoms with Gasteiger partial charge in [0, 0.05) is 29.6 Å². The second-order valence-corrected chi connectivity index (χ2v) is 7.97. The van der Waals surface area contributed by atoms with Crippen LogP contribution in [0.5, 0.6) is 5.75 Å². The Morgan fingerprint density at radius 3 is 2.72 bits per heavy atom. The van der Waals surface area contributed by atoms with E-state index >= 15 is 0 Å². The van der Waals surface area contributed by atoms with E-state index in [0.717, 1.165) is 19.5 Å². The number of amides is 1. The Kier molecular flexibility index (Phi) is 6.70. The quantitative estimate of drug-likeness (QED) is 0.745. The molecule has 25 heavy (non-hydrogen) atoms. The molecule has 1 unspecified atom stereocenters. The van der Waals surface area contributed by atoms with Crippen molar-refractivity contribution in [2.75, 3.05) is 19.7 Å². The van der Waals surface area contributed by atoms with Gasteiger partial charge >= 0.3 is 0 Å². The minimum absolute atomic E-state index is 0.102. The minimum Gasteiger partial charge on any atom is -0.481 e. The molecule has 0 aromatic heterocycles. The number of hydrogen-bond acceptors (Lipinski definition) is 3. The summed E-state index contributed by atoms with van der Waals surface area (Å²) in [7, 11) is 0. The molecule has 1 aliphatic heterocycles. The lowest BCUT2D eigenvalue weighted by molar-refractivity contribution is -0.123. The van der Waals surface area contributed by atoms with Crippen LogP contribution in [0.15, 0.2) is 22.7 Å². The monoisotopic (exact) mass is 412 g/mol. The molecule has 1 aromatic carbocycles. The van der Waals surface area contributed by atoms with E-state index in [1.807, 2.05) is 0 Å². The van der Waals surface area contributed by atoms with E-state index in [1.165, 1.54) is 50.7 Å². The Morgan fingerprint density at radius 1 is 1.24 bits per heavy atom. The second-order valence-electron chi connectivity index (χ2n) is 7.06. The third-order valence-electron chi connectivity index (χ3n) is 5.18. The van der Waals surface area contributed by atoms with E-state index in [0.29, 0.717) is 10.5 Å². The first-order chi connectivity index (χ1) is 12.1. The van der Waals surface area contributed by atoms with Gasteiger partial charge in [-0.15, -0.1) is 0 Å². The highest BCUT2D eigenvalue weighted by atomic mass is 79.9. The van der Waals surface area contributed by atoms with Crippen LogP contribution in [0, 0.1) is 5.82 Å². The summed E-state index contributed by atoms with van der Waals surface area (Å²) < 4.78 is 19.6. The van der Waals surface area contributed by atoms with Crippen molar-refractivity contribution in [3.63, 3.8) is 0 Å².